The van der Waals surface area contributed by atoms with E-state index in [0.29, 0.717) is 5.56 Å². The van der Waals surface area contributed by atoms with Crippen LogP contribution in [0, 0.1) is 0 Å². The van der Waals surface area contributed by atoms with Crippen molar-refractivity contribution < 1.29 is 43.9 Å². The molecule has 0 atom stereocenters. The predicted octanol–water partition coefficient (Wildman–Crippen LogP) is 5.53. The van der Waals surface area contributed by atoms with E-state index in [0.717, 1.165) is 24.3 Å². The summed E-state index contributed by atoms with van der Waals surface area (Å²) in [6.07, 6.45) is -8.99. The Kier molecular flexibility index (Phi) is 8.46. The minimum atomic E-state index is -4.92. The zero-order valence-corrected chi connectivity index (χ0v) is 21.0. The molecule has 208 valence electrons. The molecule has 2 N–H and O–H groups in total. The van der Waals surface area contributed by atoms with Crippen molar-refractivity contribution in [2.45, 2.75) is 37.7 Å². The average Bonchev–Trinajstić information content (AvgIpc) is 3.58. The normalized spacial score (nSPS) is 16.6. The number of halogens is 7. The maximum atomic E-state index is 15.6. The van der Waals surface area contributed by atoms with Gasteiger partial charge >= 0.3 is 12.4 Å². The number of aliphatic imine (C=N–C) groups is 1. The highest BCUT2D eigenvalue weighted by Gasteiger charge is 2.49. The first-order valence-electron chi connectivity index (χ1n) is 11.2. The van der Waals surface area contributed by atoms with Crippen LogP contribution in [0.1, 0.15) is 36.5 Å². The van der Waals surface area contributed by atoms with Crippen LogP contribution >= 0.6 is 0 Å². The van der Waals surface area contributed by atoms with Gasteiger partial charge in [-0.3, -0.25) is 4.99 Å². The molecule has 1 saturated carbocycles. The molecule has 6 nitrogen and oxygen atoms in total. The largest absolute Gasteiger partial charge is 0.437 e. The van der Waals surface area contributed by atoms with Crippen LogP contribution in [0.2, 0.25) is 0 Å². The van der Waals surface area contributed by atoms with E-state index in [-0.39, 0.29) is 36.4 Å². The van der Waals surface area contributed by atoms with Gasteiger partial charge in [-0.15, -0.1) is 0 Å². The van der Waals surface area contributed by atoms with Crippen LogP contribution in [0.15, 0.2) is 59.4 Å². The maximum absolute atomic E-state index is 15.6. The number of nitrogens with zero attached hydrogens (tertiary/aromatic N) is 1. The lowest BCUT2D eigenvalue weighted by Gasteiger charge is -2.20. The number of sulfonamides is 1. The van der Waals surface area contributed by atoms with Crippen molar-refractivity contribution in [1.82, 2.24) is 10.0 Å². The second kappa shape index (κ2) is 10.9. The van der Waals surface area contributed by atoms with Crippen molar-refractivity contribution in [2.75, 3.05) is 19.3 Å². The van der Waals surface area contributed by atoms with Crippen LogP contribution < -0.4 is 14.8 Å². The van der Waals surface area contributed by atoms with Crippen molar-refractivity contribution in [3.63, 3.8) is 0 Å². The Balaban J connectivity index is 1.92. The molecular formula is C24H24F7N3O3S. The molecule has 2 aromatic carbocycles. The molecule has 14 heteroatoms. The van der Waals surface area contributed by atoms with Crippen LogP contribution in [0.4, 0.5) is 30.7 Å². The van der Waals surface area contributed by atoms with Crippen molar-refractivity contribution in [1.29, 1.82) is 0 Å². The van der Waals surface area contributed by atoms with Gasteiger partial charge in [-0.2, -0.15) is 30.7 Å². The molecular weight excluding hydrogens is 543 g/mol. The molecule has 0 unspecified atom stereocenters. The van der Waals surface area contributed by atoms with Crippen LogP contribution in [0.25, 0.3) is 5.70 Å². The number of hydrogen-bond acceptors (Lipinski definition) is 5. The summed E-state index contributed by atoms with van der Waals surface area (Å²) < 4.78 is 124. The average molecular weight is 568 g/mol. The Morgan fingerprint density at radius 2 is 1.68 bits per heavy atom. The fourth-order valence-corrected chi connectivity index (χ4v) is 5.12. The molecule has 2 aromatic rings. The lowest BCUT2D eigenvalue weighted by Crippen LogP contribution is -2.40. The van der Waals surface area contributed by atoms with Crippen LogP contribution in [0.3, 0.4) is 0 Å². The van der Waals surface area contributed by atoms with E-state index in [9.17, 15) is 34.8 Å². The number of alkyl halides is 6. The molecule has 0 heterocycles. The number of benzene rings is 2. The molecule has 1 fully saturated rings. The van der Waals surface area contributed by atoms with E-state index in [1.165, 1.54) is 31.3 Å². The van der Waals surface area contributed by atoms with Crippen molar-refractivity contribution in [3.05, 3.63) is 71.0 Å². The summed E-state index contributed by atoms with van der Waals surface area (Å²) in [5.41, 5.74) is -1.73. The fourth-order valence-electron chi connectivity index (χ4n) is 3.70. The molecule has 38 heavy (non-hydrogen) atoms. The zero-order valence-electron chi connectivity index (χ0n) is 20.2. The number of nitrogens with one attached hydrogen (secondary N) is 2. The molecule has 0 amide bonds. The molecule has 3 rings (SSSR count). The van der Waals surface area contributed by atoms with Crippen molar-refractivity contribution in [3.8, 4) is 5.75 Å². The van der Waals surface area contributed by atoms with Crippen LogP contribution in [-0.4, -0.2) is 39.8 Å². The lowest BCUT2D eigenvalue weighted by atomic mass is 10.0. The van der Waals surface area contributed by atoms with Gasteiger partial charge in [0, 0.05) is 19.2 Å². The highest BCUT2D eigenvalue weighted by molar-refractivity contribution is 7.89. The molecule has 0 aromatic heterocycles. The highest BCUT2D eigenvalue weighted by Crippen LogP contribution is 2.47. The standard InChI is InChI=1S/C24H24F7N3O3S/c1-3-33-20(19(25)21(32-2)37-18-9-7-16(8-10-18)24(29,30)31)15-5-4-6-17(13-15)22(11-12-22)34-38(35,36)14-23(26,27)28/h4-10,13,33-34H,3,11-12,14H2,1-2H3. The molecule has 0 spiro atoms. The van der Waals surface area contributed by atoms with E-state index in [1.54, 1.807) is 6.92 Å². The SMILES string of the molecule is CCNC(=C(F)C(=NC)Oc1ccc(C(F)(F)F)cc1)c1cccc(C2(NS(=O)(=O)CC(F)(F)F)CC2)c1. The molecule has 1 aliphatic rings. The molecule has 0 radical (unpaired) electrons. The van der Waals surface area contributed by atoms with Crippen LogP contribution in [0.5, 0.6) is 5.75 Å². The van der Waals surface area contributed by atoms with E-state index in [4.69, 9.17) is 4.74 Å². The lowest BCUT2D eigenvalue weighted by molar-refractivity contribution is -0.137. The van der Waals surface area contributed by atoms with Crippen LogP contribution in [-0.2, 0) is 21.7 Å². The van der Waals surface area contributed by atoms with E-state index in [2.05, 4.69) is 15.0 Å². The molecule has 1 aliphatic carbocycles. The van der Waals surface area contributed by atoms with Crippen molar-refractivity contribution in [2.24, 2.45) is 4.99 Å². The van der Waals surface area contributed by atoms with Gasteiger partial charge in [-0.1, -0.05) is 18.2 Å². The predicted molar refractivity (Wildman–Crippen MR) is 127 cm³/mol. The topological polar surface area (TPSA) is 79.8 Å². The first-order valence-corrected chi connectivity index (χ1v) is 12.9. The first kappa shape index (κ1) is 29.4. The fraction of sp³-hybridized carbons (Fsp3) is 0.375. The Morgan fingerprint density at radius 1 is 1.05 bits per heavy atom. The molecule has 0 aliphatic heterocycles. The minimum Gasteiger partial charge on any atom is -0.437 e. The van der Waals surface area contributed by atoms with Gasteiger partial charge in [0.25, 0.3) is 5.90 Å². The first-order chi connectivity index (χ1) is 17.6. The van der Waals surface area contributed by atoms with Gasteiger partial charge in [0.15, 0.2) is 5.75 Å². The van der Waals surface area contributed by atoms with E-state index in [1.807, 2.05) is 0 Å². The Bertz CT molecular complexity index is 1320. The zero-order chi connectivity index (χ0) is 28.4. The number of hydrogen-bond donors (Lipinski definition) is 2. The third-order valence-corrected chi connectivity index (χ3v) is 6.93. The van der Waals surface area contributed by atoms with Crippen molar-refractivity contribution >= 4 is 21.6 Å². The van der Waals surface area contributed by atoms with Gasteiger partial charge in [-0.25, -0.2) is 13.1 Å². The van der Waals surface area contributed by atoms with Gasteiger partial charge in [0.1, 0.15) is 5.75 Å². The number of ether oxygens (including phenoxy) is 1. The second-order valence-corrected chi connectivity index (χ2v) is 10.2. The minimum absolute atomic E-state index is 0.102. The quantitative estimate of drug-likeness (QED) is 0.237. The summed E-state index contributed by atoms with van der Waals surface area (Å²) >= 11 is 0. The number of rotatable bonds is 9. The summed E-state index contributed by atoms with van der Waals surface area (Å²) in [5, 5.41) is 2.81. The Morgan fingerprint density at radius 3 is 2.18 bits per heavy atom. The summed E-state index contributed by atoms with van der Waals surface area (Å²) in [6, 6.07) is 9.51. The van der Waals surface area contributed by atoms with E-state index < -0.39 is 51.0 Å². The highest BCUT2D eigenvalue weighted by atomic mass is 32.2. The second-order valence-electron chi connectivity index (χ2n) is 8.51. The maximum Gasteiger partial charge on any atom is 0.416 e. The third kappa shape index (κ3) is 7.47. The summed E-state index contributed by atoms with van der Waals surface area (Å²) in [6.45, 7) is 1.90. The smallest absolute Gasteiger partial charge is 0.416 e. The Hall–Kier alpha value is -3.13. The van der Waals surface area contributed by atoms with E-state index >= 15 is 4.39 Å². The summed E-state index contributed by atoms with van der Waals surface area (Å²) in [4.78, 5) is 3.75. The molecule has 0 saturated heterocycles. The van der Waals surface area contributed by atoms with Gasteiger partial charge in [0.2, 0.25) is 15.9 Å². The molecule has 0 bridgehead atoms. The van der Waals surface area contributed by atoms with Gasteiger partial charge in [0.05, 0.1) is 16.8 Å². The van der Waals surface area contributed by atoms with Gasteiger partial charge < -0.3 is 10.1 Å². The summed E-state index contributed by atoms with van der Waals surface area (Å²) in [5.74, 6) is -3.67. The summed E-state index contributed by atoms with van der Waals surface area (Å²) in [7, 11) is -3.48. The Labute approximate surface area is 214 Å². The van der Waals surface area contributed by atoms with Gasteiger partial charge in [-0.05, 0) is 55.7 Å². The monoisotopic (exact) mass is 567 g/mol. The third-order valence-electron chi connectivity index (χ3n) is 5.52.